The molecule has 15 heavy (non-hydrogen) atoms. The monoisotopic (exact) mass is 229 g/mol. The van der Waals surface area contributed by atoms with Crippen molar-refractivity contribution in [1.82, 2.24) is 9.78 Å². The lowest BCUT2D eigenvalue weighted by Gasteiger charge is -2.04. The lowest BCUT2D eigenvalue weighted by Crippen LogP contribution is -1.99. The number of hydrogen-bond donors (Lipinski definition) is 1. The van der Waals surface area contributed by atoms with Gasteiger partial charge in [-0.05, 0) is 12.3 Å². The smallest absolute Gasteiger partial charge is 0.164 e. The fourth-order valence-electron chi connectivity index (χ4n) is 1.53. The van der Waals surface area contributed by atoms with E-state index in [9.17, 15) is 0 Å². The third-order valence-corrected chi connectivity index (χ3v) is 2.70. The third kappa shape index (κ3) is 4.56. The summed E-state index contributed by atoms with van der Waals surface area (Å²) in [5.74, 6) is 1.23. The fourth-order valence-corrected chi connectivity index (χ4v) is 1.68. The summed E-state index contributed by atoms with van der Waals surface area (Å²) >= 11 is 5.80. The minimum absolute atomic E-state index is 0.429. The van der Waals surface area contributed by atoms with Gasteiger partial charge < -0.3 is 5.73 Å². The lowest BCUT2D eigenvalue weighted by molar-refractivity contribution is 0.494. The first-order valence-corrected chi connectivity index (χ1v) is 5.96. The van der Waals surface area contributed by atoms with Crippen molar-refractivity contribution in [2.75, 3.05) is 5.73 Å². The summed E-state index contributed by atoms with van der Waals surface area (Å²) in [7, 11) is 0. The number of halogens is 1. The largest absolute Gasteiger partial charge is 0.381 e. The number of anilines is 1. The molecule has 0 bridgehead atoms. The minimum Gasteiger partial charge on any atom is -0.381 e. The summed E-state index contributed by atoms with van der Waals surface area (Å²) < 4.78 is 1.83. The Balaban J connectivity index is 2.15. The highest BCUT2D eigenvalue weighted by Crippen LogP contribution is 2.16. The van der Waals surface area contributed by atoms with Gasteiger partial charge in [0.1, 0.15) is 5.02 Å². The molecule has 0 fully saturated rings. The molecule has 0 saturated heterocycles. The number of nitrogen functional groups attached to an aromatic ring is 1. The average molecular weight is 230 g/mol. The van der Waals surface area contributed by atoms with Gasteiger partial charge in [-0.25, -0.2) is 0 Å². The Bertz CT molecular complexity index is 275. The van der Waals surface area contributed by atoms with Gasteiger partial charge in [0.15, 0.2) is 5.82 Å². The van der Waals surface area contributed by atoms with Crippen LogP contribution in [0.2, 0.25) is 5.02 Å². The van der Waals surface area contributed by atoms with Crippen LogP contribution in [0.4, 0.5) is 5.82 Å². The molecule has 4 heteroatoms. The van der Waals surface area contributed by atoms with Crippen LogP contribution >= 0.6 is 11.6 Å². The van der Waals surface area contributed by atoms with E-state index in [0.29, 0.717) is 10.8 Å². The Labute approximate surface area is 96.6 Å². The molecule has 0 radical (unpaired) electrons. The van der Waals surface area contributed by atoms with Crippen LogP contribution in [0.5, 0.6) is 0 Å². The maximum atomic E-state index is 5.80. The zero-order chi connectivity index (χ0) is 11.3. The SMILES string of the molecule is CC(C)CCCCCn1cc(Cl)c(N)n1. The Morgan fingerprint density at radius 2 is 2.13 bits per heavy atom. The normalized spacial score (nSPS) is 11.2. The van der Waals surface area contributed by atoms with Crippen molar-refractivity contribution in [2.24, 2.45) is 5.92 Å². The highest BCUT2D eigenvalue weighted by atomic mass is 35.5. The molecule has 1 heterocycles. The Morgan fingerprint density at radius 3 is 2.67 bits per heavy atom. The number of aromatic nitrogens is 2. The van der Waals surface area contributed by atoms with Crippen LogP contribution in [-0.4, -0.2) is 9.78 Å². The second kappa shape index (κ2) is 6.01. The van der Waals surface area contributed by atoms with Gasteiger partial charge in [-0.2, -0.15) is 5.10 Å². The second-order valence-electron chi connectivity index (χ2n) is 4.37. The van der Waals surface area contributed by atoms with E-state index in [1.807, 2.05) is 4.68 Å². The molecule has 3 nitrogen and oxygen atoms in total. The molecule has 2 N–H and O–H groups in total. The topological polar surface area (TPSA) is 43.8 Å². The van der Waals surface area contributed by atoms with E-state index in [1.165, 1.54) is 19.3 Å². The number of aryl methyl sites for hydroxylation is 1. The Kier molecular flexibility index (Phi) is 4.95. The quantitative estimate of drug-likeness (QED) is 0.761. The van der Waals surface area contributed by atoms with Gasteiger partial charge in [0.2, 0.25) is 0 Å². The molecule has 1 aromatic heterocycles. The molecule has 0 aromatic carbocycles. The lowest BCUT2D eigenvalue weighted by atomic mass is 10.1. The van der Waals surface area contributed by atoms with Crippen LogP contribution in [0.15, 0.2) is 6.20 Å². The Hall–Kier alpha value is -0.700. The van der Waals surface area contributed by atoms with E-state index in [0.717, 1.165) is 18.9 Å². The molecule has 0 aliphatic heterocycles. The van der Waals surface area contributed by atoms with Gasteiger partial charge in [-0.15, -0.1) is 0 Å². The molecule has 0 amide bonds. The summed E-state index contributed by atoms with van der Waals surface area (Å²) in [6, 6.07) is 0. The summed E-state index contributed by atoms with van der Waals surface area (Å²) in [6.45, 7) is 5.43. The number of nitrogens with two attached hydrogens (primary N) is 1. The molecule has 0 saturated carbocycles. The van der Waals surface area contributed by atoms with E-state index in [2.05, 4.69) is 18.9 Å². The predicted molar refractivity (Wildman–Crippen MR) is 65.0 cm³/mol. The van der Waals surface area contributed by atoms with E-state index in [4.69, 9.17) is 17.3 Å². The first kappa shape index (κ1) is 12.4. The van der Waals surface area contributed by atoms with Crippen LogP contribution in [0, 0.1) is 5.92 Å². The van der Waals surface area contributed by atoms with E-state index in [1.54, 1.807) is 6.20 Å². The predicted octanol–water partition coefficient (Wildman–Crippen LogP) is 3.34. The average Bonchev–Trinajstić information content (AvgIpc) is 2.45. The summed E-state index contributed by atoms with van der Waals surface area (Å²) in [4.78, 5) is 0. The number of rotatable bonds is 6. The van der Waals surface area contributed by atoms with Crippen molar-refractivity contribution in [2.45, 2.75) is 46.1 Å². The van der Waals surface area contributed by atoms with Crippen LogP contribution in [0.25, 0.3) is 0 Å². The molecule has 1 aromatic rings. The fraction of sp³-hybridized carbons (Fsp3) is 0.727. The molecule has 1 rings (SSSR count). The van der Waals surface area contributed by atoms with Crippen molar-refractivity contribution < 1.29 is 0 Å². The first-order valence-electron chi connectivity index (χ1n) is 5.58. The summed E-state index contributed by atoms with van der Waals surface area (Å²) in [5, 5.41) is 4.66. The highest BCUT2D eigenvalue weighted by Gasteiger charge is 2.01. The van der Waals surface area contributed by atoms with Crippen molar-refractivity contribution in [3.63, 3.8) is 0 Å². The number of hydrogen-bond acceptors (Lipinski definition) is 2. The second-order valence-corrected chi connectivity index (χ2v) is 4.78. The van der Waals surface area contributed by atoms with Crippen molar-refractivity contribution in [1.29, 1.82) is 0 Å². The molecule has 0 atom stereocenters. The maximum absolute atomic E-state index is 5.80. The molecule has 0 spiro atoms. The minimum atomic E-state index is 0.429. The zero-order valence-electron chi connectivity index (χ0n) is 9.54. The molecule has 0 unspecified atom stereocenters. The molecular weight excluding hydrogens is 210 g/mol. The van der Waals surface area contributed by atoms with Crippen molar-refractivity contribution in [3.8, 4) is 0 Å². The zero-order valence-corrected chi connectivity index (χ0v) is 10.3. The van der Waals surface area contributed by atoms with E-state index in [-0.39, 0.29) is 0 Å². The van der Waals surface area contributed by atoms with Gasteiger partial charge >= 0.3 is 0 Å². The van der Waals surface area contributed by atoms with Gasteiger partial charge in [-0.3, -0.25) is 4.68 Å². The van der Waals surface area contributed by atoms with Crippen LogP contribution in [-0.2, 0) is 6.54 Å². The van der Waals surface area contributed by atoms with E-state index < -0.39 is 0 Å². The van der Waals surface area contributed by atoms with E-state index >= 15 is 0 Å². The molecule has 0 aliphatic rings. The van der Waals surface area contributed by atoms with Gasteiger partial charge in [0.25, 0.3) is 0 Å². The Morgan fingerprint density at radius 1 is 1.40 bits per heavy atom. The number of nitrogens with zero attached hydrogens (tertiary/aromatic N) is 2. The van der Waals surface area contributed by atoms with Gasteiger partial charge in [-0.1, -0.05) is 44.7 Å². The summed E-state index contributed by atoms with van der Waals surface area (Å²) in [5.41, 5.74) is 5.55. The molecular formula is C11H20ClN3. The highest BCUT2D eigenvalue weighted by molar-refractivity contribution is 6.32. The van der Waals surface area contributed by atoms with Crippen LogP contribution in [0.3, 0.4) is 0 Å². The standard InChI is InChI=1S/C11H20ClN3/c1-9(2)6-4-3-5-7-15-8-10(12)11(13)14-15/h8-9H,3-7H2,1-2H3,(H2,13,14). The van der Waals surface area contributed by atoms with Crippen LogP contribution < -0.4 is 5.73 Å². The van der Waals surface area contributed by atoms with Crippen LogP contribution in [0.1, 0.15) is 39.5 Å². The molecule has 86 valence electrons. The van der Waals surface area contributed by atoms with Crippen molar-refractivity contribution >= 4 is 17.4 Å². The first-order chi connectivity index (χ1) is 7.09. The summed E-state index contributed by atoms with van der Waals surface area (Å²) in [6.07, 6.45) is 6.78. The van der Waals surface area contributed by atoms with Gasteiger partial charge in [0, 0.05) is 12.7 Å². The third-order valence-electron chi connectivity index (χ3n) is 2.41. The van der Waals surface area contributed by atoms with Gasteiger partial charge in [0.05, 0.1) is 0 Å². The number of unbranched alkanes of at least 4 members (excludes halogenated alkanes) is 2. The molecule has 0 aliphatic carbocycles. The van der Waals surface area contributed by atoms with Crippen molar-refractivity contribution in [3.05, 3.63) is 11.2 Å². The maximum Gasteiger partial charge on any atom is 0.164 e.